The maximum atomic E-state index is 14.8. The third-order valence-corrected chi connectivity index (χ3v) is 11.7. The molecule has 1 atom stereocenters. The number of aromatic nitrogens is 4. The molecule has 1 amide bonds. The van der Waals surface area contributed by atoms with Gasteiger partial charge in [0.1, 0.15) is 12.4 Å². The lowest BCUT2D eigenvalue weighted by atomic mass is 9.86. The zero-order chi connectivity index (χ0) is 34.6. The average Bonchev–Trinajstić information content (AvgIpc) is 3.36. The molecular formula is C37H43N7O4S. The first-order valence-corrected chi connectivity index (χ1v) is 18.4. The van der Waals surface area contributed by atoms with Gasteiger partial charge in [-0.15, -0.1) is 0 Å². The number of hydrogen-bond donors (Lipinski definition) is 1. The van der Waals surface area contributed by atoms with Gasteiger partial charge in [0.25, 0.3) is 15.9 Å². The molecule has 1 aliphatic heterocycles. The lowest BCUT2D eigenvalue weighted by Crippen LogP contribution is -2.54. The first kappa shape index (κ1) is 32.9. The van der Waals surface area contributed by atoms with E-state index in [0.29, 0.717) is 30.3 Å². The highest BCUT2D eigenvalue weighted by Crippen LogP contribution is 2.48. The molecule has 0 saturated heterocycles. The fourth-order valence-corrected chi connectivity index (χ4v) is 8.51. The predicted molar refractivity (Wildman–Crippen MR) is 188 cm³/mol. The van der Waals surface area contributed by atoms with E-state index >= 15 is 0 Å². The topological polar surface area (TPSA) is 131 Å². The van der Waals surface area contributed by atoms with E-state index in [2.05, 4.69) is 38.4 Å². The minimum atomic E-state index is -4.17. The number of aryl methyl sites for hydroxylation is 2. The molecule has 4 aromatic rings. The Hall–Kier alpha value is -4.58. The zero-order valence-corrected chi connectivity index (χ0v) is 29.5. The van der Waals surface area contributed by atoms with Gasteiger partial charge in [0.05, 0.1) is 40.8 Å². The molecule has 12 heteroatoms. The number of ether oxygens (including phenoxy) is 1. The quantitative estimate of drug-likeness (QED) is 0.257. The highest BCUT2D eigenvalue weighted by molar-refractivity contribution is 7.92. The number of carbonyl (C=O) groups excluding carboxylic acids is 1. The Morgan fingerprint density at radius 3 is 2.45 bits per heavy atom. The van der Waals surface area contributed by atoms with Crippen molar-refractivity contribution in [3.63, 3.8) is 0 Å². The number of amides is 1. The Bertz CT molecular complexity index is 2010. The maximum absolute atomic E-state index is 14.8. The third-order valence-electron chi connectivity index (χ3n) is 10.4. The molecule has 2 aromatic heterocycles. The van der Waals surface area contributed by atoms with E-state index in [1.165, 1.54) is 18.6 Å². The van der Waals surface area contributed by atoms with Gasteiger partial charge in [-0.1, -0.05) is 38.1 Å². The van der Waals surface area contributed by atoms with Gasteiger partial charge in [-0.2, -0.15) is 4.98 Å². The number of carbonyl (C=O) groups is 1. The van der Waals surface area contributed by atoms with Crippen LogP contribution in [0.5, 0.6) is 5.88 Å². The fourth-order valence-electron chi connectivity index (χ4n) is 7.52. The van der Waals surface area contributed by atoms with Gasteiger partial charge in [-0.25, -0.2) is 23.1 Å². The molecule has 11 nitrogen and oxygen atoms in total. The number of anilines is 2. The second-order valence-corrected chi connectivity index (χ2v) is 16.3. The van der Waals surface area contributed by atoms with Crippen LogP contribution in [0.1, 0.15) is 79.6 Å². The Kier molecular flexibility index (Phi) is 8.33. The molecule has 1 spiro atoms. The average molecular weight is 682 g/mol. The second kappa shape index (κ2) is 12.4. The number of benzene rings is 2. The van der Waals surface area contributed by atoms with E-state index in [-0.39, 0.29) is 46.8 Å². The van der Waals surface area contributed by atoms with Crippen molar-refractivity contribution in [2.45, 2.75) is 89.2 Å². The van der Waals surface area contributed by atoms with Crippen LogP contribution in [0.3, 0.4) is 0 Å². The van der Waals surface area contributed by atoms with E-state index in [1.54, 1.807) is 30.6 Å². The Balaban J connectivity index is 1.37. The van der Waals surface area contributed by atoms with E-state index in [9.17, 15) is 13.2 Å². The predicted octanol–water partition coefficient (Wildman–Crippen LogP) is 6.32. The van der Waals surface area contributed by atoms with Crippen molar-refractivity contribution in [2.75, 3.05) is 23.3 Å². The van der Waals surface area contributed by atoms with Gasteiger partial charge < -0.3 is 14.5 Å². The molecule has 0 unspecified atom stereocenters. The Morgan fingerprint density at radius 1 is 1.00 bits per heavy atom. The van der Waals surface area contributed by atoms with Crippen LogP contribution in [0.15, 0.2) is 65.8 Å². The summed E-state index contributed by atoms with van der Waals surface area (Å²) in [6.07, 6.45) is 9.13. The van der Waals surface area contributed by atoms with Gasteiger partial charge in [-0.05, 0) is 87.1 Å². The van der Waals surface area contributed by atoms with Gasteiger partial charge in [0, 0.05) is 30.3 Å². The van der Waals surface area contributed by atoms with Crippen molar-refractivity contribution in [3.05, 3.63) is 83.3 Å². The summed E-state index contributed by atoms with van der Waals surface area (Å²) in [5.41, 5.74) is 3.46. The zero-order valence-electron chi connectivity index (χ0n) is 28.7. The first-order valence-electron chi connectivity index (χ1n) is 16.9. The standard InChI is InChI=1S/C37H43N7O4S/c1-24-9-6-10-25(2)33(24)30-18-32-41-35(40-30)42-49(46,47)29-14-7-11-26(17-29)34(45)44(37(23-48-32)16-15-36(3,4)22-37)21-27-19-38-20-31(39-27)43(5)28-12-8-13-28/h6-7,9-11,14,17-20,28H,8,12-13,15-16,21-23H2,1-5H3,(H,40,41,42)/t37-/m0/s1. The largest absolute Gasteiger partial charge is 0.475 e. The van der Waals surface area contributed by atoms with Crippen molar-refractivity contribution in [3.8, 4) is 17.1 Å². The van der Waals surface area contributed by atoms with Crippen LogP contribution in [0.2, 0.25) is 0 Å². The van der Waals surface area contributed by atoms with Crippen molar-refractivity contribution in [1.29, 1.82) is 0 Å². The van der Waals surface area contributed by atoms with E-state index in [0.717, 1.165) is 41.8 Å². The van der Waals surface area contributed by atoms with Crippen molar-refractivity contribution in [2.24, 2.45) is 5.41 Å². The molecular weight excluding hydrogens is 639 g/mol. The summed E-state index contributed by atoms with van der Waals surface area (Å²) in [7, 11) is -2.13. The number of nitrogens with zero attached hydrogens (tertiary/aromatic N) is 6. The lowest BCUT2D eigenvalue weighted by Gasteiger charge is -2.42. The molecule has 2 fully saturated rings. The van der Waals surface area contributed by atoms with Gasteiger partial charge >= 0.3 is 0 Å². The Labute approximate surface area is 288 Å². The molecule has 0 radical (unpaired) electrons. The SMILES string of the molecule is Cc1cccc(C)c1-c1cc2nc(n1)NS(=O)(=O)c1cccc(c1)C(=O)N(Cc1cncc(N(C)C3CCC3)n1)[C@]1(CCC(C)(C)C1)CO2. The molecule has 3 aliphatic rings. The van der Waals surface area contributed by atoms with E-state index in [4.69, 9.17) is 9.72 Å². The normalized spacial score (nSPS) is 21.5. The summed E-state index contributed by atoms with van der Waals surface area (Å²) in [4.78, 5) is 37.4. The van der Waals surface area contributed by atoms with E-state index < -0.39 is 15.6 Å². The summed E-state index contributed by atoms with van der Waals surface area (Å²) < 4.78 is 36.7. The highest BCUT2D eigenvalue weighted by atomic mass is 32.2. The number of nitrogens with one attached hydrogen (secondary N) is 1. The number of hydrogen-bond acceptors (Lipinski definition) is 9. The second-order valence-electron chi connectivity index (χ2n) is 14.6. The molecule has 2 aromatic carbocycles. The van der Waals surface area contributed by atoms with Crippen molar-refractivity contribution >= 4 is 27.7 Å². The molecule has 256 valence electrons. The molecule has 3 heterocycles. The highest BCUT2D eigenvalue weighted by Gasteiger charge is 2.50. The monoisotopic (exact) mass is 681 g/mol. The maximum Gasteiger partial charge on any atom is 0.264 e. The van der Waals surface area contributed by atoms with Crippen LogP contribution >= 0.6 is 0 Å². The van der Waals surface area contributed by atoms with Gasteiger partial charge in [0.2, 0.25) is 11.8 Å². The minimum Gasteiger partial charge on any atom is -0.475 e. The molecule has 4 bridgehead atoms. The number of sulfonamides is 1. The number of fused-ring (bicyclic) bond motifs is 4. The van der Waals surface area contributed by atoms with Crippen LogP contribution in [0, 0.1) is 19.3 Å². The fraction of sp³-hybridized carbons (Fsp3) is 0.432. The first-order chi connectivity index (χ1) is 23.3. The third kappa shape index (κ3) is 6.46. The molecule has 2 saturated carbocycles. The lowest BCUT2D eigenvalue weighted by molar-refractivity contribution is 0.0216. The summed E-state index contributed by atoms with van der Waals surface area (Å²) in [5, 5.41) is 0. The van der Waals surface area contributed by atoms with Gasteiger partial charge in [-0.3, -0.25) is 9.78 Å². The summed E-state index contributed by atoms with van der Waals surface area (Å²) >= 11 is 0. The van der Waals surface area contributed by atoms with Crippen molar-refractivity contribution in [1.82, 2.24) is 24.8 Å². The summed E-state index contributed by atoms with van der Waals surface area (Å²) in [5.74, 6) is 0.582. The molecule has 2 aliphatic carbocycles. The van der Waals surface area contributed by atoms with E-state index in [1.807, 2.05) is 44.0 Å². The van der Waals surface area contributed by atoms with Crippen LogP contribution in [-0.2, 0) is 16.6 Å². The molecule has 49 heavy (non-hydrogen) atoms. The van der Waals surface area contributed by atoms with Crippen molar-refractivity contribution < 1.29 is 17.9 Å². The summed E-state index contributed by atoms with van der Waals surface area (Å²) in [6.45, 7) is 8.71. The molecule has 1 N–H and O–H groups in total. The molecule has 7 rings (SSSR count). The van der Waals surface area contributed by atoms with Crippen LogP contribution in [0.4, 0.5) is 11.8 Å². The summed E-state index contributed by atoms with van der Waals surface area (Å²) in [6, 6.07) is 14.3. The number of rotatable bonds is 5. The van der Waals surface area contributed by atoms with Crippen LogP contribution in [-0.4, -0.2) is 64.4 Å². The Morgan fingerprint density at radius 2 is 1.76 bits per heavy atom. The minimum absolute atomic E-state index is 0.0641. The van der Waals surface area contributed by atoms with Crippen LogP contribution in [0.25, 0.3) is 11.3 Å². The smallest absolute Gasteiger partial charge is 0.264 e. The van der Waals surface area contributed by atoms with Crippen LogP contribution < -0.4 is 14.4 Å². The van der Waals surface area contributed by atoms with Gasteiger partial charge in [0.15, 0.2) is 0 Å².